The number of amides is 1. The van der Waals surface area contributed by atoms with E-state index in [-0.39, 0.29) is 24.1 Å². The van der Waals surface area contributed by atoms with Crippen LogP contribution < -0.4 is 14.8 Å². The SMILES string of the molecule is COc1cccc(C(CNC(=O)Cc2ccc(OC(F)F)cc2)N2CCCC2)c1. The number of alkyl halides is 2. The van der Waals surface area contributed by atoms with Crippen LogP contribution in [0.25, 0.3) is 0 Å². The van der Waals surface area contributed by atoms with Crippen LogP contribution >= 0.6 is 0 Å². The lowest BCUT2D eigenvalue weighted by atomic mass is 10.0. The van der Waals surface area contributed by atoms with Gasteiger partial charge >= 0.3 is 6.61 Å². The Hall–Kier alpha value is -2.67. The van der Waals surface area contributed by atoms with Crippen molar-refractivity contribution in [2.45, 2.75) is 31.9 Å². The lowest BCUT2D eigenvalue weighted by molar-refractivity contribution is -0.120. The molecule has 3 rings (SSSR count). The van der Waals surface area contributed by atoms with E-state index in [1.165, 1.54) is 12.1 Å². The molecule has 5 nitrogen and oxygen atoms in total. The van der Waals surface area contributed by atoms with E-state index in [1.54, 1.807) is 19.2 Å². The van der Waals surface area contributed by atoms with Gasteiger partial charge in [0.05, 0.1) is 19.6 Å². The molecule has 1 N–H and O–H groups in total. The molecule has 7 heteroatoms. The minimum Gasteiger partial charge on any atom is -0.497 e. The average molecular weight is 404 g/mol. The van der Waals surface area contributed by atoms with Crippen molar-refractivity contribution in [1.82, 2.24) is 10.2 Å². The summed E-state index contributed by atoms with van der Waals surface area (Å²) in [5.41, 5.74) is 1.85. The van der Waals surface area contributed by atoms with Gasteiger partial charge in [-0.3, -0.25) is 9.69 Å². The minimum absolute atomic E-state index is 0.0799. The Morgan fingerprint density at radius 1 is 1.10 bits per heavy atom. The molecule has 1 aliphatic rings. The highest BCUT2D eigenvalue weighted by atomic mass is 19.3. The fourth-order valence-corrected chi connectivity index (χ4v) is 3.61. The van der Waals surface area contributed by atoms with Gasteiger partial charge in [0.2, 0.25) is 5.91 Å². The molecule has 2 aromatic rings. The zero-order valence-corrected chi connectivity index (χ0v) is 16.4. The number of likely N-dealkylation sites (tertiary alicyclic amines) is 1. The van der Waals surface area contributed by atoms with Gasteiger partial charge in [-0.2, -0.15) is 8.78 Å². The van der Waals surface area contributed by atoms with Gasteiger partial charge in [-0.15, -0.1) is 0 Å². The highest BCUT2D eigenvalue weighted by Crippen LogP contribution is 2.27. The monoisotopic (exact) mass is 404 g/mol. The molecule has 0 aliphatic carbocycles. The van der Waals surface area contributed by atoms with Gasteiger partial charge in [-0.25, -0.2) is 0 Å². The Labute approximate surface area is 169 Å². The maximum atomic E-state index is 12.4. The Kier molecular flexibility index (Phi) is 7.41. The van der Waals surface area contributed by atoms with Crippen LogP contribution in [0.4, 0.5) is 8.78 Å². The minimum atomic E-state index is -2.86. The number of hydrogen-bond acceptors (Lipinski definition) is 4. The second-order valence-corrected chi connectivity index (χ2v) is 7.04. The summed E-state index contributed by atoms with van der Waals surface area (Å²) in [7, 11) is 1.64. The number of methoxy groups -OCH3 is 1. The summed E-state index contributed by atoms with van der Waals surface area (Å²) in [5.74, 6) is 0.764. The number of rotatable bonds is 9. The van der Waals surface area contributed by atoms with Gasteiger partial charge in [0.15, 0.2) is 0 Å². The Balaban J connectivity index is 1.60. The summed E-state index contributed by atoms with van der Waals surface area (Å²) < 4.78 is 34.1. The van der Waals surface area contributed by atoms with Crippen LogP contribution in [0.15, 0.2) is 48.5 Å². The number of nitrogens with one attached hydrogen (secondary N) is 1. The number of nitrogens with zero attached hydrogens (tertiary/aromatic N) is 1. The van der Waals surface area contributed by atoms with Gasteiger partial charge < -0.3 is 14.8 Å². The molecule has 1 aliphatic heterocycles. The second kappa shape index (κ2) is 10.2. The van der Waals surface area contributed by atoms with Crippen LogP contribution in [0, 0.1) is 0 Å². The van der Waals surface area contributed by atoms with Crippen molar-refractivity contribution in [2.75, 3.05) is 26.7 Å². The van der Waals surface area contributed by atoms with Gasteiger partial charge in [-0.05, 0) is 61.3 Å². The largest absolute Gasteiger partial charge is 0.497 e. The first-order valence-electron chi connectivity index (χ1n) is 9.73. The first kappa shape index (κ1) is 21.0. The molecule has 0 radical (unpaired) electrons. The van der Waals surface area contributed by atoms with E-state index in [1.807, 2.05) is 18.2 Å². The number of carbonyl (C=O) groups excluding carboxylic acids is 1. The van der Waals surface area contributed by atoms with Gasteiger partial charge in [0, 0.05) is 6.54 Å². The summed E-state index contributed by atoms with van der Waals surface area (Å²) in [6, 6.07) is 14.1. The number of halogens is 2. The molecule has 0 bridgehead atoms. The summed E-state index contributed by atoms with van der Waals surface area (Å²) in [4.78, 5) is 14.8. The van der Waals surface area contributed by atoms with Crippen molar-refractivity contribution in [1.29, 1.82) is 0 Å². The smallest absolute Gasteiger partial charge is 0.387 e. The number of ether oxygens (including phenoxy) is 2. The highest BCUT2D eigenvalue weighted by molar-refractivity contribution is 5.78. The fourth-order valence-electron chi connectivity index (χ4n) is 3.61. The van der Waals surface area contributed by atoms with E-state index in [9.17, 15) is 13.6 Å². The Morgan fingerprint density at radius 2 is 1.83 bits per heavy atom. The van der Waals surface area contributed by atoms with Crippen molar-refractivity contribution >= 4 is 5.91 Å². The molecule has 1 saturated heterocycles. The van der Waals surface area contributed by atoms with Crippen LogP contribution in [0.2, 0.25) is 0 Å². The molecule has 1 heterocycles. The molecule has 1 fully saturated rings. The highest BCUT2D eigenvalue weighted by Gasteiger charge is 2.24. The van der Waals surface area contributed by atoms with E-state index in [0.717, 1.165) is 42.8 Å². The summed E-state index contributed by atoms with van der Waals surface area (Å²) in [5, 5.41) is 3.02. The molecule has 1 atom stereocenters. The summed E-state index contributed by atoms with van der Waals surface area (Å²) in [6.07, 6.45) is 2.49. The van der Waals surface area contributed by atoms with Crippen LogP contribution in [0.3, 0.4) is 0 Å². The molecule has 1 amide bonds. The third kappa shape index (κ3) is 6.15. The average Bonchev–Trinajstić information content (AvgIpc) is 3.24. The van der Waals surface area contributed by atoms with E-state index >= 15 is 0 Å². The fraction of sp³-hybridized carbons (Fsp3) is 0.409. The predicted octanol–water partition coefficient (Wildman–Crippen LogP) is 3.79. The van der Waals surface area contributed by atoms with Crippen LogP contribution in [0.5, 0.6) is 11.5 Å². The molecule has 156 valence electrons. The summed E-state index contributed by atoms with van der Waals surface area (Å²) >= 11 is 0. The quantitative estimate of drug-likeness (QED) is 0.691. The van der Waals surface area contributed by atoms with E-state index in [0.29, 0.717) is 6.54 Å². The number of carbonyl (C=O) groups is 1. The van der Waals surface area contributed by atoms with Crippen molar-refractivity contribution in [3.63, 3.8) is 0 Å². The Bertz CT molecular complexity index is 793. The standard InChI is InChI=1S/C22H26F2N2O3/c1-28-19-6-4-5-17(14-19)20(26-11-2-3-12-26)15-25-21(27)13-16-7-9-18(10-8-16)29-22(23)24/h4-10,14,20,22H,2-3,11-13,15H2,1H3,(H,25,27). The molecule has 0 spiro atoms. The molecular formula is C22H26F2N2O3. The van der Waals surface area contributed by atoms with Crippen molar-refractivity contribution in [3.8, 4) is 11.5 Å². The van der Waals surface area contributed by atoms with Crippen molar-refractivity contribution in [2.24, 2.45) is 0 Å². The molecular weight excluding hydrogens is 378 g/mol. The zero-order valence-electron chi connectivity index (χ0n) is 16.4. The van der Waals surface area contributed by atoms with E-state index in [4.69, 9.17) is 4.74 Å². The van der Waals surface area contributed by atoms with Crippen molar-refractivity contribution in [3.05, 3.63) is 59.7 Å². The van der Waals surface area contributed by atoms with E-state index < -0.39 is 6.61 Å². The van der Waals surface area contributed by atoms with Crippen molar-refractivity contribution < 1.29 is 23.0 Å². The molecule has 0 saturated carbocycles. The van der Waals surface area contributed by atoms with Crippen LogP contribution in [-0.2, 0) is 11.2 Å². The zero-order chi connectivity index (χ0) is 20.6. The Morgan fingerprint density at radius 3 is 2.48 bits per heavy atom. The predicted molar refractivity (Wildman–Crippen MR) is 106 cm³/mol. The summed E-state index contributed by atoms with van der Waals surface area (Å²) in [6.45, 7) is -0.353. The van der Waals surface area contributed by atoms with Gasteiger partial charge in [0.25, 0.3) is 0 Å². The maximum absolute atomic E-state index is 12.4. The molecule has 0 aromatic heterocycles. The molecule has 1 unspecified atom stereocenters. The molecule has 2 aromatic carbocycles. The topological polar surface area (TPSA) is 50.8 Å². The third-order valence-corrected chi connectivity index (χ3v) is 5.07. The van der Waals surface area contributed by atoms with Gasteiger partial charge in [0.1, 0.15) is 11.5 Å². The van der Waals surface area contributed by atoms with Crippen LogP contribution in [0.1, 0.15) is 30.0 Å². The lowest BCUT2D eigenvalue weighted by Gasteiger charge is -2.28. The first-order chi connectivity index (χ1) is 14.0. The number of benzene rings is 2. The normalized spacial score (nSPS) is 15.3. The number of hydrogen-bond donors (Lipinski definition) is 1. The van der Waals surface area contributed by atoms with Crippen LogP contribution in [-0.4, -0.2) is 44.2 Å². The van der Waals surface area contributed by atoms with Gasteiger partial charge in [-0.1, -0.05) is 24.3 Å². The lowest BCUT2D eigenvalue weighted by Crippen LogP contribution is -2.37. The maximum Gasteiger partial charge on any atom is 0.387 e. The first-order valence-corrected chi connectivity index (χ1v) is 9.73. The third-order valence-electron chi connectivity index (χ3n) is 5.07. The molecule has 29 heavy (non-hydrogen) atoms. The second-order valence-electron chi connectivity index (χ2n) is 7.04. The van der Waals surface area contributed by atoms with E-state index in [2.05, 4.69) is 21.0 Å².